The Morgan fingerprint density at radius 3 is 2.77 bits per heavy atom. The van der Waals surface area contributed by atoms with Gasteiger partial charge in [0.15, 0.2) is 5.82 Å². The number of thiophene rings is 1. The largest absolute Gasteiger partial charge is 0.305 e. The van der Waals surface area contributed by atoms with Gasteiger partial charge in [-0.05, 0) is 41.6 Å². The Labute approximate surface area is 179 Å². The number of halogens is 1. The van der Waals surface area contributed by atoms with Crippen molar-refractivity contribution in [1.29, 1.82) is 0 Å². The predicted molar refractivity (Wildman–Crippen MR) is 113 cm³/mol. The molecule has 2 aromatic carbocycles. The zero-order valence-corrected chi connectivity index (χ0v) is 16.8. The third kappa shape index (κ3) is 3.36. The number of non-ortho nitro benzene ring substituents is 1. The number of nitro groups is 1. The topological polar surface area (TPSA) is 94.2 Å². The molecule has 0 aliphatic carbocycles. The second kappa shape index (κ2) is 7.40. The van der Waals surface area contributed by atoms with Gasteiger partial charge >= 0.3 is 0 Å². The lowest BCUT2D eigenvalue weighted by Gasteiger charge is -2.14. The first kappa shape index (κ1) is 19.1. The molecule has 0 N–H and O–H groups in total. The fourth-order valence-electron chi connectivity index (χ4n) is 3.57. The summed E-state index contributed by atoms with van der Waals surface area (Å²) in [6.45, 7) is 0.373. The highest BCUT2D eigenvalue weighted by Crippen LogP contribution is 2.33. The first-order valence-corrected chi connectivity index (χ1v) is 10.3. The quantitative estimate of drug-likeness (QED) is 0.353. The SMILES string of the molecule is O=C(c1nc(-c2cccs2)n(-c2cccc(F)c2)n1)N1CCc2ccc([N+](=O)[O-])cc21. The van der Waals surface area contributed by atoms with Crippen molar-refractivity contribution in [2.24, 2.45) is 0 Å². The van der Waals surface area contributed by atoms with E-state index >= 15 is 0 Å². The smallest absolute Gasteiger partial charge is 0.297 e. The third-order valence-electron chi connectivity index (χ3n) is 5.01. The van der Waals surface area contributed by atoms with Gasteiger partial charge in [-0.3, -0.25) is 14.9 Å². The summed E-state index contributed by atoms with van der Waals surface area (Å²) in [5.41, 5.74) is 1.68. The van der Waals surface area contributed by atoms with Crippen LogP contribution in [0.1, 0.15) is 16.2 Å². The molecular formula is C21H14FN5O3S. The van der Waals surface area contributed by atoms with Crippen LogP contribution in [0.5, 0.6) is 0 Å². The van der Waals surface area contributed by atoms with Gasteiger partial charge in [0.1, 0.15) is 5.82 Å². The maximum Gasteiger partial charge on any atom is 0.297 e. The summed E-state index contributed by atoms with van der Waals surface area (Å²) < 4.78 is 15.3. The standard InChI is InChI=1S/C21H14FN5O3S/c22-14-3-1-4-15(11-14)26-20(18-5-2-10-31-18)23-19(24-26)21(28)25-9-8-13-6-7-16(27(29)30)12-17(13)25/h1-7,10-12H,8-9H2. The molecule has 154 valence electrons. The lowest BCUT2D eigenvalue weighted by atomic mass is 10.1. The van der Waals surface area contributed by atoms with Crippen molar-refractivity contribution in [1.82, 2.24) is 14.8 Å². The molecule has 1 amide bonds. The normalized spacial score (nSPS) is 12.7. The summed E-state index contributed by atoms with van der Waals surface area (Å²) in [5.74, 6) is -0.541. The number of carbonyl (C=O) groups is 1. The van der Waals surface area contributed by atoms with E-state index in [1.165, 1.54) is 45.2 Å². The maximum absolute atomic E-state index is 13.8. The molecule has 0 bridgehead atoms. The summed E-state index contributed by atoms with van der Waals surface area (Å²) in [4.78, 5) is 30.6. The molecule has 0 atom stereocenters. The molecule has 1 aliphatic rings. The lowest BCUT2D eigenvalue weighted by molar-refractivity contribution is -0.384. The minimum absolute atomic E-state index is 0.0629. The number of anilines is 1. The number of carbonyl (C=O) groups excluding carboxylic acids is 1. The Bertz CT molecular complexity index is 1320. The molecule has 8 nitrogen and oxygen atoms in total. The summed E-state index contributed by atoms with van der Waals surface area (Å²) in [5, 5.41) is 17.4. The molecule has 0 fully saturated rings. The van der Waals surface area contributed by atoms with Gasteiger partial charge in [-0.25, -0.2) is 14.1 Å². The van der Waals surface area contributed by atoms with Crippen molar-refractivity contribution in [3.63, 3.8) is 0 Å². The van der Waals surface area contributed by atoms with E-state index in [1.807, 2.05) is 17.5 Å². The van der Waals surface area contributed by atoms with E-state index < -0.39 is 16.6 Å². The molecule has 0 radical (unpaired) electrons. The average molecular weight is 435 g/mol. The minimum Gasteiger partial charge on any atom is -0.305 e. The molecule has 5 rings (SSSR count). The second-order valence-corrected chi connectivity index (χ2v) is 7.85. The van der Waals surface area contributed by atoms with Crippen molar-refractivity contribution in [3.05, 3.63) is 87.3 Å². The molecule has 10 heteroatoms. The van der Waals surface area contributed by atoms with Crippen LogP contribution in [-0.4, -0.2) is 32.1 Å². The van der Waals surface area contributed by atoms with E-state index in [1.54, 1.807) is 18.2 Å². The zero-order chi connectivity index (χ0) is 21.5. The van der Waals surface area contributed by atoms with Gasteiger partial charge in [0, 0.05) is 18.7 Å². The van der Waals surface area contributed by atoms with Crippen LogP contribution in [-0.2, 0) is 6.42 Å². The number of nitro benzene ring substituents is 1. The second-order valence-electron chi connectivity index (χ2n) is 6.90. The molecular weight excluding hydrogens is 421 g/mol. The van der Waals surface area contributed by atoms with Crippen molar-refractivity contribution in [2.75, 3.05) is 11.4 Å². The number of nitrogens with zero attached hydrogens (tertiary/aromatic N) is 5. The van der Waals surface area contributed by atoms with Crippen LogP contribution in [0.4, 0.5) is 15.8 Å². The minimum atomic E-state index is -0.493. The number of fused-ring (bicyclic) bond motifs is 1. The van der Waals surface area contributed by atoms with Gasteiger partial charge in [0.2, 0.25) is 5.82 Å². The van der Waals surface area contributed by atoms with E-state index in [4.69, 9.17) is 0 Å². The Kier molecular flexibility index (Phi) is 4.55. The van der Waals surface area contributed by atoms with Crippen molar-refractivity contribution >= 4 is 28.6 Å². The molecule has 0 saturated carbocycles. The average Bonchev–Trinajstić information content (AvgIpc) is 3.51. The van der Waals surface area contributed by atoms with Gasteiger partial charge < -0.3 is 4.90 Å². The molecule has 31 heavy (non-hydrogen) atoms. The summed E-state index contributed by atoms with van der Waals surface area (Å²) in [6, 6.07) is 14.0. The maximum atomic E-state index is 13.8. The van der Waals surface area contributed by atoms with Crippen LogP contribution in [0.25, 0.3) is 16.4 Å². The number of hydrogen-bond acceptors (Lipinski definition) is 6. The summed E-state index contributed by atoms with van der Waals surface area (Å²) in [6.07, 6.45) is 0.585. The molecule has 1 aliphatic heterocycles. The van der Waals surface area contributed by atoms with Gasteiger partial charge in [-0.2, -0.15) is 0 Å². The number of aromatic nitrogens is 3. The van der Waals surface area contributed by atoms with Crippen LogP contribution < -0.4 is 4.90 Å². The molecule has 0 spiro atoms. The van der Waals surface area contributed by atoms with E-state index in [0.717, 1.165) is 10.4 Å². The fraction of sp³-hybridized carbons (Fsp3) is 0.0952. The van der Waals surface area contributed by atoms with Gasteiger partial charge in [-0.15, -0.1) is 16.4 Å². The number of benzene rings is 2. The van der Waals surface area contributed by atoms with Crippen LogP contribution in [0.15, 0.2) is 60.0 Å². The first-order chi connectivity index (χ1) is 15.0. The summed E-state index contributed by atoms with van der Waals surface area (Å²) >= 11 is 1.42. The van der Waals surface area contributed by atoms with Crippen LogP contribution >= 0.6 is 11.3 Å². The predicted octanol–water partition coefficient (Wildman–Crippen LogP) is 4.25. The fourth-order valence-corrected chi connectivity index (χ4v) is 4.27. The highest BCUT2D eigenvalue weighted by molar-refractivity contribution is 7.13. The molecule has 0 unspecified atom stereocenters. The highest BCUT2D eigenvalue weighted by Gasteiger charge is 2.31. The number of rotatable bonds is 4. The van der Waals surface area contributed by atoms with Crippen molar-refractivity contribution in [3.8, 4) is 16.4 Å². The zero-order valence-electron chi connectivity index (χ0n) is 15.9. The number of amides is 1. The third-order valence-corrected chi connectivity index (χ3v) is 5.88. The Balaban J connectivity index is 1.58. The Morgan fingerprint density at radius 2 is 2.03 bits per heavy atom. The van der Waals surface area contributed by atoms with E-state index in [0.29, 0.717) is 30.2 Å². The van der Waals surface area contributed by atoms with Crippen molar-refractivity contribution in [2.45, 2.75) is 6.42 Å². The monoisotopic (exact) mass is 435 g/mol. The molecule has 3 heterocycles. The Morgan fingerprint density at radius 1 is 1.16 bits per heavy atom. The first-order valence-electron chi connectivity index (χ1n) is 9.37. The molecule has 0 saturated heterocycles. The van der Waals surface area contributed by atoms with Gasteiger partial charge in [0.25, 0.3) is 11.6 Å². The van der Waals surface area contributed by atoms with E-state index in [-0.39, 0.29) is 11.5 Å². The van der Waals surface area contributed by atoms with Crippen LogP contribution in [0.3, 0.4) is 0 Å². The van der Waals surface area contributed by atoms with Gasteiger partial charge in [0.05, 0.1) is 21.2 Å². The molecule has 4 aromatic rings. The van der Waals surface area contributed by atoms with E-state index in [9.17, 15) is 19.3 Å². The lowest BCUT2D eigenvalue weighted by Crippen LogP contribution is -2.30. The van der Waals surface area contributed by atoms with E-state index in [2.05, 4.69) is 10.1 Å². The highest BCUT2D eigenvalue weighted by atomic mass is 32.1. The van der Waals surface area contributed by atoms with Crippen LogP contribution in [0.2, 0.25) is 0 Å². The van der Waals surface area contributed by atoms with Crippen molar-refractivity contribution < 1.29 is 14.1 Å². The summed E-state index contributed by atoms with van der Waals surface area (Å²) in [7, 11) is 0. The molecule has 2 aromatic heterocycles. The Hall–Kier alpha value is -3.92. The van der Waals surface area contributed by atoms with Crippen LogP contribution in [0, 0.1) is 15.9 Å². The number of hydrogen-bond donors (Lipinski definition) is 0. The van der Waals surface area contributed by atoms with Gasteiger partial charge in [-0.1, -0.05) is 18.2 Å².